The van der Waals surface area contributed by atoms with E-state index in [1.807, 2.05) is 36.4 Å². The summed E-state index contributed by atoms with van der Waals surface area (Å²) in [4.78, 5) is 2.49. The largest absolute Gasteiger partial charge is 0.496 e. The van der Waals surface area contributed by atoms with Gasteiger partial charge in [-0.1, -0.05) is 41.9 Å². The Hall–Kier alpha value is -1.71. The molecule has 0 saturated carbocycles. The van der Waals surface area contributed by atoms with Crippen molar-refractivity contribution in [1.82, 2.24) is 4.90 Å². The number of likely N-dealkylation sites (tertiary alicyclic amines) is 1. The molecule has 3 rings (SSSR count). The Balaban J connectivity index is 1.53. The number of hydrogen-bond donors (Lipinski definition) is 1. The molecule has 1 fully saturated rings. The normalized spacial score (nSPS) is 16.3. The topological polar surface area (TPSA) is 24.5 Å². The highest BCUT2D eigenvalue weighted by atomic mass is 35.5. The molecule has 1 N–H and O–H groups in total. The Morgan fingerprint density at radius 1 is 1.09 bits per heavy atom. The molecule has 0 spiro atoms. The Kier molecular flexibility index (Phi) is 5.42. The van der Waals surface area contributed by atoms with Gasteiger partial charge in [0.15, 0.2) is 0 Å². The maximum Gasteiger partial charge on any atom is 0.123 e. The van der Waals surface area contributed by atoms with Gasteiger partial charge in [-0.2, -0.15) is 0 Å². The van der Waals surface area contributed by atoms with E-state index in [0.29, 0.717) is 6.04 Å². The van der Waals surface area contributed by atoms with Crippen LogP contribution in [-0.4, -0.2) is 31.1 Å². The standard InChI is InChI=1S/C19H23ClN2O/c1-23-19-9-5-2-6-15(19)14-22-12-10-16(11-13-22)21-18-8-4-3-7-17(18)20/h2-9,16,21H,10-14H2,1H3. The molecule has 2 aromatic rings. The number of rotatable bonds is 5. The van der Waals surface area contributed by atoms with Crippen LogP contribution in [0.1, 0.15) is 18.4 Å². The van der Waals surface area contributed by atoms with Crippen LogP contribution in [0.15, 0.2) is 48.5 Å². The summed E-state index contributed by atoms with van der Waals surface area (Å²) in [7, 11) is 1.73. The summed E-state index contributed by atoms with van der Waals surface area (Å²) in [5.41, 5.74) is 2.30. The molecule has 0 aromatic heterocycles. The van der Waals surface area contributed by atoms with Crippen molar-refractivity contribution in [2.75, 3.05) is 25.5 Å². The molecule has 4 heteroatoms. The molecule has 0 bridgehead atoms. The van der Waals surface area contributed by atoms with Crippen LogP contribution in [0.3, 0.4) is 0 Å². The van der Waals surface area contributed by atoms with E-state index in [1.54, 1.807) is 7.11 Å². The molecular formula is C19H23ClN2O. The maximum absolute atomic E-state index is 6.23. The van der Waals surface area contributed by atoms with Crippen LogP contribution < -0.4 is 10.1 Å². The first-order valence-corrected chi connectivity index (χ1v) is 8.49. The average Bonchev–Trinajstić information content (AvgIpc) is 2.59. The number of methoxy groups -OCH3 is 1. The summed E-state index contributed by atoms with van der Waals surface area (Å²) in [6, 6.07) is 16.7. The first kappa shape index (κ1) is 16.2. The van der Waals surface area contributed by atoms with Crippen LogP contribution in [0.25, 0.3) is 0 Å². The lowest BCUT2D eigenvalue weighted by atomic mass is 10.0. The fourth-order valence-electron chi connectivity index (χ4n) is 3.11. The number of nitrogens with one attached hydrogen (secondary N) is 1. The van der Waals surface area contributed by atoms with Gasteiger partial charge < -0.3 is 10.1 Å². The Labute approximate surface area is 143 Å². The molecule has 1 saturated heterocycles. The minimum atomic E-state index is 0.490. The fourth-order valence-corrected chi connectivity index (χ4v) is 3.30. The average molecular weight is 331 g/mol. The monoisotopic (exact) mass is 330 g/mol. The van der Waals surface area contributed by atoms with E-state index in [1.165, 1.54) is 5.56 Å². The molecule has 1 heterocycles. The van der Waals surface area contributed by atoms with Gasteiger partial charge in [-0.05, 0) is 31.0 Å². The van der Waals surface area contributed by atoms with Crippen LogP contribution in [0.2, 0.25) is 5.02 Å². The van der Waals surface area contributed by atoms with Crippen LogP contribution >= 0.6 is 11.6 Å². The number of para-hydroxylation sites is 2. The molecule has 0 amide bonds. The number of benzene rings is 2. The van der Waals surface area contributed by atoms with Crippen molar-refractivity contribution in [2.45, 2.75) is 25.4 Å². The molecule has 1 aliphatic heterocycles. The lowest BCUT2D eigenvalue weighted by Gasteiger charge is -2.33. The zero-order valence-electron chi connectivity index (χ0n) is 13.5. The number of hydrogen-bond acceptors (Lipinski definition) is 3. The smallest absolute Gasteiger partial charge is 0.123 e. The summed E-state index contributed by atoms with van der Waals surface area (Å²) < 4.78 is 5.45. The summed E-state index contributed by atoms with van der Waals surface area (Å²) in [6.07, 6.45) is 2.25. The lowest BCUT2D eigenvalue weighted by molar-refractivity contribution is 0.209. The van der Waals surface area contributed by atoms with Crippen LogP contribution in [0.5, 0.6) is 5.75 Å². The zero-order chi connectivity index (χ0) is 16.1. The Morgan fingerprint density at radius 3 is 2.52 bits per heavy atom. The predicted molar refractivity (Wildman–Crippen MR) is 96.4 cm³/mol. The van der Waals surface area contributed by atoms with Gasteiger partial charge in [-0.25, -0.2) is 0 Å². The van der Waals surface area contributed by atoms with Crippen molar-refractivity contribution >= 4 is 17.3 Å². The van der Waals surface area contributed by atoms with E-state index < -0.39 is 0 Å². The molecular weight excluding hydrogens is 308 g/mol. The minimum Gasteiger partial charge on any atom is -0.496 e. The van der Waals surface area contributed by atoms with E-state index in [4.69, 9.17) is 16.3 Å². The molecule has 0 radical (unpaired) electrons. The van der Waals surface area contributed by atoms with E-state index in [0.717, 1.165) is 48.9 Å². The van der Waals surface area contributed by atoms with Crippen molar-refractivity contribution in [2.24, 2.45) is 0 Å². The predicted octanol–water partition coefficient (Wildman–Crippen LogP) is 4.43. The molecule has 0 aliphatic carbocycles. The van der Waals surface area contributed by atoms with Crippen molar-refractivity contribution in [3.63, 3.8) is 0 Å². The number of halogens is 1. The number of nitrogens with zero attached hydrogens (tertiary/aromatic N) is 1. The molecule has 0 unspecified atom stereocenters. The van der Waals surface area contributed by atoms with Gasteiger partial charge in [0.25, 0.3) is 0 Å². The summed E-state index contributed by atoms with van der Waals surface area (Å²) in [5, 5.41) is 4.37. The van der Waals surface area contributed by atoms with E-state index >= 15 is 0 Å². The molecule has 3 nitrogen and oxygen atoms in total. The Morgan fingerprint density at radius 2 is 1.78 bits per heavy atom. The van der Waals surface area contributed by atoms with E-state index in [9.17, 15) is 0 Å². The highest BCUT2D eigenvalue weighted by Crippen LogP contribution is 2.25. The van der Waals surface area contributed by atoms with Gasteiger partial charge in [-0.15, -0.1) is 0 Å². The highest BCUT2D eigenvalue weighted by Gasteiger charge is 2.20. The first-order valence-electron chi connectivity index (χ1n) is 8.11. The fraction of sp³-hybridized carbons (Fsp3) is 0.368. The summed E-state index contributed by atoms with van der Waals surface area (Å²) in [5.74, 6) is 0.976. The first-order chi connectivity index (χ1) is 11.3. The van der Waals surface area contributed by atoms with Crippen LogP contribution in [0, 0.1) is 0 Å². The molecule has 23 heavy (non-hydrogen) atoms. The second-order valence-electron chi connectivity index (χ2n) is 5.99. The molecule has 0 atom stereocenters. The van der Waals surface area contributed by atoms with Gasteiger partial charge in [-0.3, -0.25) is 4.90 Å². The van der Waals surface area contributed by atoms with Gasteiger partial charge in [0.1, 0.15) is 5.75 Å². The Bertz CT molecular complexity index is 639. The molecule has 2 aromatic carbocycles. The van der Waals surface area contributed by atoms with Crippen molar-refractivity contribution < 1.29 is 4.74 Å². The molecule has 1 aliphatic rings. The SMILES string of the molecule is COc1ccccc1CN1CCC(Nc2ccccc2Cl)CC1. The maximum atomic E-state index is 6.23. The highest BCUT2D eigenvalue weighted by molar-refractivity contribution is 6.33. The van der Waals surface area contributed by atoms with E-state index in [-0.39, 0.29) is 0 Å². The molecule has 122 valence electrons. The van der Waals surface area contributed by atoms with Gasteiger partial charge >= 0.3 is 0 Å². The third-order valence-electron chi connectivity index (χ3n) is 4.41. The number of piperidine rings is 1. The second kappa shape index (κ2) is 7.71. The van der Waals surface area contributed by atoms with Gasteiger partial charge in [0.2, 0.25) is 0 Å². The third-order valence-corrected chi connectivity index (χ3v) is 4.74. The quantitative estimate of drug-likeness (QED) is 0.878. The lowest BCUT2D eigenvalue weighted by Crippen LogP contribution is -2.38. The summed E-state index contributed by atoms with van der Waals surface area (Å²) >= 11 is 6.23. The summed E-state index contributed by atoms with van der Waals surface area (Å²) in [6.45, 7) is 3.11. The van der Waals surface area contributed by atoms with Crippen molar-refractivity contribution in [3.8, 4) is 5.75 Å². The van der Waals surface area contributed by atoms with Crippen molar-refractivity contribution in [3.05, 3.63) is 59.1 Å². The van der Waals surface area contributed by atoms with Crippen LogP contribution in [-0.2, 0) is 6.54 Å². The third kappa shape index (κ3) is 4.18. The van der Waals surface area contributed by atoms with E-state index in [2.05, 4.69) is 22.3 Å². The number of anilines is 1. The minimum absolute atomic E-state index is 0.490. The second-order valence-corrected chi connectivity index (χ2v) is 6.39. The van der Waals surface area contributed by atoms with Gasteiger partial charge in [0.05, 0.1) is 17.8 Å². The van der Waals surface area contributed by atoms with Crippen LogP contribution in [0.4, 0.5) is 5.69 Å². The van der Waals surface area contributed by atoms with Crippen molar-refractivity contribution in [1.29, 1.82) is 0 Å². The zero-order valence-corrected chi connectivity index (χ0v) is 14.2. The van der Waals surface area contributed by atoms with Gasteiger partial charge in [0, 0.05) is 31.2 Å². The number of ether oxygens (including phenoxy) is 1.